The zero-order chi connectivity index (χ0) is 5.11. The fraction of sp³-hybridized carbons (Fsp3) is 0.857. The van der Waals surface area contributed by atoms with E-state index in [9.17, 15) is 0 Å². The van der Waals surface area contributed by atoms with Gasteiger partial charge in [0.15, 0.2) is 0 Å². The molecule has 1 fully saturated rings. The Balaban J connectivity index is 0. The van der Waals surface area contributed by atoms with E-state index in [0.717, 1.165) is 5.92 Å². The molecule has 0 heterocycles. The molecule has 0 nitrogen and oxygen atoms in total. The predicted molar refractivity (Wildman–Crippen MR) is 37.7 cm³/mol. The van der Waals surface area contributed by atoms with Gasteiger partial charge in [-0.1, -0.05) is 32.1 Å². The molecule has 50 valence electrons. The Labute approximate surface area is 91.3 Å². The van der Waals surface area contributed by atoms with Crippen molar-refractivity contribution in [3.8, 4) is 0 Å². The monoisotopic (exact) mass is 248 g/mol. The van der Waals surface area contributed by atoms with Crippen LogP contribution in [0.2, 0.25) is 0 Å². The first-order valence-electron chi connectivity index (χ1n) is 3.22. The van der Waals surface area contributed by atoms with Crippen LogP contribution in [-0.4, -0.2) is 23.1 Å². The van der Waals surface area contributed by atoms with Crippen LogP contribution in [-0.2, 0) is 0 Å². The van der Waals surface area contributed by atoms with Gasteiger partial charge in [-0.2, -0.15) is 5.92 Å². The molecule has 0 amide bonds. The van der Waals surface area contributed by atoms with Gasteiger partial charge in [0.25, 0.3) is 0 Å². The van der Waals surface area contributed by atoms with Gasteiger partial charge in [0, 0.05) is 0 Å². The van der Waals surface area contributed by atoms with Crippen LogP contribution in [0, 0.1) is 12.8 Å². The molecule has 0 aromatic rings. The van der Waals surface area contributed by atoms with Crippen LogP contribution in [0.25, 0.3) is 0 Å². The van der Waals surface area contributed by atoms with Crippen molar-refractivity contribution in [3.63, 3.8) is 0 Å². The maximum atomic E-state index is 4.00. The molecule has 1 rings (SSSR count). The van der Waals surface area contributed by atoms with E-state index < -0.39 is 0 Å². The first-order chi connectivity index (χ1) is 3.39. The first kappa shape index (κ1) is 13.1. The summed E-state index contributed by atoms with van der Waals surface area (Å²) in [4.78, 5) is 0. The summed E-state index contributed by atoms with van der Waals surface area (Å²) in [5.41, 5.74) is 0. The Kier molecular flexibility index (Phi) is 11.1. The fourth-order valence-corrected chi connectivity index (χ4v) is 1.19. The molecule has 0 aromatic carbocycles. The van der Waals surface area contributed by atoms with Crippen LogP contribution in [0.3, 0.4) is 0 Å². The van der Waals surface area contributed by atoms with Crippen LogP contribution >= 0.6 is 0 Å². The second-order valence-electron chi connectivity index (χ2n) is 2.50. The molecule has 2 heteroatoms. The van der Waals surface area contributed by atoms with E-state index in [1.54, 1.807) is 0 Å². The standard InChI is InChI=1S/C7H13.HI.Mg/c1-7-5-3-2-4-6-7;;/h7H,1-6H2;1H;/q-1;;+2/p-1. The van der Waals surface area contributed by atoms with E-state index in [2.05, 4.69) is 6.92 Å². The normalized spacial score (nSPS) is 19.7. The van der Waals surface area contributed by atoms with Gasteiger partial charge >= 0.3 is 23.1 Å². The number of halogens is 1. The van der Waals surface area contributed by atoms with Gasteiger partial charge in [0.05, 0.1) is 0 Å². The van der Waals surface area contributed by atoms with Crippen molar-refractivity contribution in [1.29, 1.82) is 0 Å². The van der Waals surface area contributed by atoms with E-state index in [-0.39, 0.29) is 47.0 Å². The molecule has 1 aliphatic carbocycles. The minimum Gasteiger partial charge on any atom is -1.00 e. The van der Waals surface area contributed by atoms with Crippen LogP contribution in [0.4, 0.5) is 0 Å². The van der Waals surface area contributed by atoms with E-state index in [0.29, 0.717) is 0 Å². The second-order valence-corrected chi connectivity index (χ2v) is 2.50. The number of hydrogen-bond donors (Lipinski definition) is 0. The molecular formula is C7H13IMg. The molecule has 0 unspecified atom stereocenters. The summed E-state index contributed by atoms with van der Waals surface area (Å²) in [6.45, 7) is 4.00. The zero-order valence-electron chi connectivity index (χ0n) is 5.91. The third kappa shape index (κ3) is 5.92. The van der Waals surface area contributed by atoms with Gasteiger partial charge in [-0.3, -0.25) is 0 Å². The Hall–Kier alpha value is 1.50. The molecule has 0 aromatic heterocycles. The van der Waals surface area contributed by atoms with Crippen LogP contribution < -0.4 is 24.0 Å². The quantitative estimate of drug-likeness (QED) is 0.294. The summed E-state index contributed by atoms with van der Waals surface area (Å²) in [7, 11) is 0. The Morgan fingerprint density at radius 1 is 1.00 bits per heavy atom. The van der Waals surface area contributed by atoms with E-state index in [1.807, 2.05) is 0 Å². The van der Waals surface area contributed by atoms with Gasteiger partial charge in [0.1, 0.15) is 0 Å². The smallest absolute Gasteiger partial charge is 1.00 e. The van der Waals surface area contributed by atoms with Crippen LogP contribution in [0.1, 0.15) is 32.1 Å². The number of hydrogen-bond acceptors (Lipinski definition) is 0. The summed E-state index contributed by atoms with van der Waals surface area (Å²) < 4.78 is 0. The van der Waals surface area contributed by atoms with Crippen molar-refractivity contribution in [2.45, 2.75) is 32.1 Å². The van der Waals surface area contributed by atoms with Gasteiger partial charge in [-0.15, -0.1) is 0 Å². The molecule has 1 aliphatic rings. The van der Waals surface area contributed by atoms with E-state index in [1.165, 1.54) is 32.1 Å². The topological polar surface area (TPSA) is 0 Å². The van der Waals surface area contributed by atoms with Crippen molar-refractivity contribution in [2.24, 2.45) is 5.92 Å². The summed E-state index contributed by atoms with van der Waals surface area (Å²) >= 11 is 0. The average Bonchev–Trinajstić information content (AvgIpc) is 1.69. The Morgan fingerprint density at radius 3 is 1.67 bits per heavy atom. The van der Waals surface area contributed by atoms with E-state index in [4.69, 9.17) is 0 Å². The van der Waals surface area contributed by atoms with Gasteiger partial charge < -0.3 is 30.9 Å². The average molecular weight is 248 g/mol. The zero-order valence-corrected chi connectivity index (χ0v) is 9.48. The molecule has 1 saturated carbocycles. The minimum atomic E-state index is 0. The maximum absolute atomic E-state index is 4.00. The second kappa shape index (κ2) is 7.60. The maximum Gasteiger partial charge on any atom is 2.00 e. The van der Waals surface area contributed by atoms with E-state index >= 15 is 0 Å². The molecule has 0 N–H and O–H groups in total. The predicted octanol–water partition coefficient (Wildman–Crippen LogP) is -0.976. The van der Waals surface area contributed by atoms with Gasteiger partial charge in [-0.25, -0.2) is 0 Å². The van der Waals surface area contributed by atoms with Crippen LogP contribution in [0.15, 0.2) is 0 Å². The summed E-state index contributed by atoms with van der Waals surface area (Å²) in [5.74, 6) is 0.786. The van der Waals surface area contributed by atoms with Gasteiger partial charge in [-0.05, 0) is 0 Å². The molecule has 0 bridgehead atoms. The Bertz CT molecular complexity index is 50.9. The first-order valence-corrected chi connectivity index (χ1v) is 3.22. The molecule has 0 aliphatic heterocycles. The Morgan fingerprint density at radius 2 is 1.44 bits per heavy atom. The van der Waals surface area contributed by atoms with Crippen molar-refractivity contribution < 1.29 is 24.0 Å². The molecule has 0 radical (unpaired) electrons. The number of rotatable bonds is 0. The van der Waals surface area contributed by atoms with Crippen molar-refractivity contribution in [2.75, 3.05) is 0 Å². The fourth-order valence-electron chi connectivity index (χ4n) is 1.19. The third-order valence-corrected chi connectivity index (χ3v) is 1.72. The molecule has 9 heavy (non-hydrogen) atoms. The van der Waals surface area contributed by atoms with Crippen molar-refractivity contribution >= 4 is 23.1 Å². The molecule has 0 spiro atoms. The minimum absolute atomic E-state index is 0. The molecular weight excluding hydrogens is 235 g/mol. The van der Waals surface area contributed by atoms with Crippen molar-refractivity contribution in [1.82, 2.24) is 0 Å². The summed E-state index contributed by atoms with van der Waals surface area (Å²) in [6, 6.07) is 0. The SMILES string of the molecule is [CH2-]C1CCCCC1.[I-].[Mg+2]. The van der Waals surface area contributed by atoms with Crippen molar-refractivity contribution in [3.05, 3.63) is 6.92 Å². The third-order valence-electron chi connectivity index (χ3n) is 1.72. The largest absolute Gasteiger partial charge is 2.00 e. The van der Waals surface area contributed by atoms with Crippen LogP contribution in [0.5, 0.6) is 0 Å². The van der Waals surface area contributed by atoms with Gasteiger partial charge in [0.2, 0.25) is 0 Å². The summed E-state index contributed by atoms with van der Waals surface area (Å²) in [6.07, 6.45) is 7.05. The molecule has 0 saturated heterocycles. The summed E-state index contributed by atoms with van der Waals surface area (Å²) in [5, 5.41) is 0. The molecule has 0 atom stereocenters.